The fourth-order valence-corrected chi connectivity index (χ4v) is 12.9. The minimum atomic E-state index is -3.08. The topological polar surface area (TPSA) is 373 Å². The average Bonchev–Trinajstić information content (AvgIpc) is 0.767. The number of aliphatic carboxylic acids is 1. The number of rotatable bonds is 56. The molecule has 93 heavy (non-hydrogen) atoms. The van der Waals surface area contributed by atoms with Crippen LogP contribution in [0.5, 0.6) is 0 Å². The van der Waals surface area contributed by atoms with Crippen molar-refractivity contribution in [2.24, 2.45) is 0 Å². The molecule has 3 aliphatic rings. The molecule has 0 bridgehead atoms. The van der Waals surface area contributed by atoms with Crippen molar-refractivity contribution in [2.45, 2.75) is 387 Å². The molecule has 0 aromatic heterocycles. The molecule has 0 aliphatic carbocycles. The average molecular weight is 1340 g/mol. The minimum absolute atomic E-state index is 0.205. The largest absolute Gasteiger partial charge is 0.477 e. The molecule has 18 unspecified atom stereocenters. The van der Waals surface area contributed by atoms with Gasteiger partial charge in [0.25, 0.3) is 5.79 Å². The maximum absolute atomic E-state index is 13.5. The van der Waals surface area contributed by atoms with E-state index in [2.05, 4.69) is 24.5 Å². The second kappa shape index (κ2) is 50.7. The van der Waals surface area contributed by atoms with Gasteiger partial charge in [-0.1, -0.05) is 251 Å². The third-order valence-electron chi connectivity index (χ3n) is 18.7. The van der Waals surface area contributed by atoms with E-state index < -0.39 is 155 Å². The number of nitrogens with one attached hydrogen (secondary N) is 2. The molecule has 23 heteroatoms. The van der Waals surface area contributed by atoms with E-state index in [1.165, 1.54) is 186 Å². The molecule has 3 aliphatic heterocycles. The van der Waals surface area contributed by atoms with E-state index in [1.54, 1.807) is 6.08 Å². The van der Waals surface area contributed by atoms with Crippen LogP contribution in [-0.2, 0) is 42.8 Å². The zero-order valence-electron chi connectivity index (χ0n) is 57.1. The number of amides is 2. The summed E-state index contributed by atoms with van der Waals surface area (Å²) < 4.78 is 34.8. The van der Waals surface area contributed by atoms with Gasteiger partial charge < -0.3 is 100 Å². The number of carboxylic acids is 1. The van der Waals surface area contributed by atoms with E-state index in [4.69, 9.17) is 28.4 Å². The predicted octanol–water partition coefficient (Wildman–Crippen LogP) is 7.46. The fraction of sp³-hybridized carbons (Fsp3) is 0.929. The number of allylic oxidation sites excluding steroid dienone is 1. The van der Waals surface area contributed by atoms with Crippen LogP contribution in [0, 0.1) is 0 Å². The minimum Gasteiger partial charge on any atom is -0.477 e. The quantitative estimate of drug-likeness (QED) is 0.0207. The van der Waals surface area contributed by atoms with Gasteiger partial charge in [-0.3, -0.25) is 9.59 Å². The Morgan fingerprint density at radius 1 is 0.559 bits per heavy atom. The highest BCUT2D eigenvalue weighted by Crippen LogP contribution is 2.39. The van der Waals surface area contributed by atoms with E-state index in [9.17, 15) is 75.7 Å². The molecule has 3 heterocycles. The van der Waals surface area contributed by atoms with Crippen LogP contribution in [0.4, 0.5) is 0 Å². The van der Waals surface area contributed by atoms with Crippen molar-refractivity contribution in [3.63, 3.8) is 0 Å². The molecule has 2 amide bonds. The molecule has 18 atom stereocenters. The number of carbonyl (C=O) groups is 3. The number of carboxylic acid groups (broad SMARTS) is 1. The molecule has 14 N–H and O–H groups in total. The zero-order chi connectivity index (χ0) is 68.2. The second-order valence-corrected chi connectivity index (χ2v) is 26.8. The van der Waals surface area contributed by atoms with Crippen molar-refractivity contribution < 1.29 is 104 Å². The number of carbonyl (C=O) groups excluding carboxylic acids is 2. The summed E-state index contributed by atoms with van der Waals surface area (Å²) >= 11 is 0. The Morgan fingerprint density at radius 2 is 1.00 bits per heavy atom. The maximum Gasteiger partial charge on any atom is 0.364 e. The Morgan fingerprint density at radius 3 is 1.43 bits per heavy atom. The van der Waals surface area contributed by atoms with Crippen LogP contribution in [0.2, 0.25) is 0 Å². The highest BCUT2D eigenvalue weighted by molar-refractivity contribution is 5.77. The second-order valence-electron chi connectivity index (χ2n) is 26.8. The summed E-state index contributed by atoms with van der Waals surface area (Å²) in [5, 5.41) is 136. The lowest BCUT2D eigenvalue weighted by Crippen LogP contribution is -2.70. The molecule has 0 spiro atoms. The van der Waals surface area contributed by atoms with E-state index >= 15 is 0 Å². The third kappa shape index (κ3) is 32.8. The van der Waals surface area contributed by atoms with Crippen LogP contribution in [-0.4, -0.2) is 215 Å². The van der Waals surface area contributed by atoms with E-state index in [1.807, 2.05) is 6.08 Å². The van der Waals surface area contributed by atoms with Gasteiger partial charge >= 0.3 is 5.97 Å². The predicted molar refractivity (Wildman–Crippen MR) is 352 cm³/mol. The van der Waals surface area contributed by atoms with E-state index in [-0.39, 0.29) is 12.3 Å². The van der Waals surface area contributed by atoms with Gasteiger partial charge in [0.15, 0.2) is 12.6 Å². The molecule has 0 saturated carbocycles. The van der Waals surface area contributed by atoms with E-state index in [0.717, 1.165) is 51.9 Å². The molecular weight excluding hydrogens is 1200 g/mol. The summed E-state index contributed by atoms with van der Waals surface area (Å²) in [6, 6.07) is -2.61. The fourth-order valence-electron chi connectivity index (χ4n) is 12.9. The molecule has 0 radical (unpaired) electrons. The first-order chi connectivity index (χ1) is 44.9. The Bertz CT molecular complexity index is 1930. The molecule has 3 saturated heterocycles. The lowest BCUT2D eigenvalue weighted by Gasteiger charge is -2.50. The van der Waals surface area contributed by atoms with Gasteiger partial charge in [-0.05, 0) is 19.3 Å². The number of ether oxygens (including phenoxy) is 6. The van der Waals surface area contributed by atoms with Gasteiger partial charge in [0.1, 0.15) is 67.1 Å². The summed E-state index contributed by atoms with van der Waals surface area (Å²) in [7, 11) is 0. The van der Waals surface area contributed by atoms with Crippen LogP contribution in [0.25, 0.3) is 0 Å². The maximum atomic E-state index is 13.5. The van der Waals surface area contributed by atoms with Gasteiger partial charge in [-0.15, -0.1) is 0 Å². The van der Waals surface area contributed by atoms with Crippen LogP contribution < -0.4 is 10.6 Å². The first-order valence-corrected chi connectivity index (χ1v) is 36.6. The zero-order valence-corrected chi connectivity index (χ0v) is 57.1. The molecule has 0 aromatic rings. The van der Waals surface area contributed by atoms with Crippen molar-refractivity contribution in [2.75, 3.05) is 26.4 Å². The lowest BCUT2D eigenvalue weighted by atomic mass is 9.88. The number of aliphatic hydroxyl groups is 11. The molecule has 3 fully saturated rings. The van der Waals surface area contributed by atoms with Gasteiger partial charge in [-0.25, -0.2) is 4.79 Å². The summed E-state index contributed by atoms with van der Waals surface area (Å²) in [6.07, 6.45) is 21.0. The summed E-state index contributed by atoms with van der Waals surface area (Å²) in [5.74, 6) is -6.13. The SMILES string of the molecule is CCCCCCCCCCCCCCCCCCCCC/C=C/C(O)C(COC1OC(CO)C(OC2OC(CO)C(O)C(OC3(C(=O)O)CC(O)C(NC(C)=O)C(C(O)C(O)CO)O3)C2O)C(O)C1O)NC(=O)CCCCCCCCCCCCCCCCCCCC. The lowest BCUT2D eigenvalue weighted by molar-refractivity contribution is -0.386. The number of unbranched alkanes of at least 4 members (excludes halogenated alkanes) is 36. The van der Waals surface area contributed by atoms with Crippen molar-refractivity contribution in [3.8, 4) is 0 Å². The van der Waals surface area contributed by atoms with Gasteiger partial charge in [0.2, 0.25) is 11.8 Å². The van der Waals surface area contributed by atoms with Crippen molar-refractivity contribution >= 4 is 17.8 Å². The molecule has 546 valence electrons. The van der Waals surface area contributed by atoms with Gasteiger partial charge in [0, 0.05) is 19.8 Å². The smallest absolute Gasteiger partial charge is 0.364 e. The van der Waals surface area contributed by atoms with Crippen LogP contribution in [0.3, 0.4) is 0 Å². The summed E-state index contributed by atoms with van der Waals surface area (Å²) in [6.45, 7) is 2.17. The third-order valence-corrected chi connectivity index (χ3v) is 18.7. The molecule has 0 aromatic carbocycles. The number of hydrogen-bond donors (Lipinski definition) is 14. The summed E-state index contributed by atoms with van der Waals surface area (Å²) in [5.41, 5.74) is 0. The molecule has 3 rings (SSSR count). The number of aliphatic hydroxyl groups excluding tert-OH is 11. The van der Waals surface area contributed by atoms with Gasteiger partial charge in [0.05, 0.1) is 50.7 Å². The van der Waals surface area contributed by atoms with Crippen LogP contribution in [0.15, 0.2) is 12.2 Å². The normalized spacial score (nSPS) is 28.1. The van der Waals surface area contributed by atoms with Gasteiger partial charge in [-0.2, -0.15) is 0 Å². The van der Waals surface area contributed by atoms with E-state index in [0.29, 0.717) is 12.8 Å². The number of hydrogen-bond acceptors (Lipinski definition) is 20. The Labute approximate surface area is 556 Å². The monoisotopic (exact) mass is 1330 g/mol. The highest BCUT2D eigenvalue weighted by Gasteiger charge is 2.60. The standard InChI is InChI=1S/C70H130N2O21/c1-4-6-8-10-12-14-16-18-20-22-24-25-26-27-29-31-33-35-37-39-41-43-52(77)51(72-57(80)44-42-40-38-36-34-32-30-28-23-21-19-17-15-13-11-9-7-5-2)49-88-67-62(84)61(83)64(56(48-75)90-67)91-68-63(85)66(60(82)55(47-74)89-68)93-70(69(86)87)45-53(78)58(71-50(3)76)65(92-70)59(81)54(79)46-73/h41,43,51-56,58-68,73-75,77-79,81-85H,4-40,42,44-49H2,1-3H3,(H,71,76)(H,72,80)(H,86,87)/b43-41+. The first-order valence-electron chi connectivity index (χ1n) is 36.6. The van der Waals surface area contributed by atoms with Crippen molar-refractivity contribution in [1.29, 1.82) is 0 Å². The van der Waals surface area contributed by atoms with Crippen LogP contribution >= 0.6 is 0 Å². The van der Waals surface area contributed by atoms with Crippen molar-refractivity contribution in [3.05, 3.63) is 12.2 Å². The summed E-state index contributed by atoms with van der Waals surface area (Å²) in [4.78, 5) is 38.6. The highest BCUT2D eigenvalue weighted by atomic mass is 16.8. The van der Waals surface area contributed by atoms with Crippen LogP contribution in [0.1, 0.15) is 278 Å². The first kappa shape index (κ1) is 84.7. The Balaban J connectivity index is 1.58. The Kier molecular flexibility index (Phi) is 46.2. The Hall–Kier alpha value is -2.53. The molecular formula is C70H130N2O21. The molecule has 23 nitrogen and oxygen atoms in total. The van der Waals surface area contributed by atoms with Crippen molar-refractivity contribution in [1.82, 2.24) is 10.6 Å².